The zero-order chi connectivity index (χ0) is 22.7. The van der Waals surface area contributed by atoms with Crippen LogP contribution in [0.15, 0.2) is 57.9 Å². The monoisotopic (exact) mass is 473 g/mol. The second-order valence-electron chi connectivity index (χ2n) is 7.67. The summed E-state index contributed by atoms with van der Waals surface area (Å²) in [7, 11) is -3.48. The van der Waals surface area contributed by atoms with Gasteiger partial charge >= 0.3 is 0 Å². The van der Waals surface area contributed by atoms with Crippen LogP contribution in [0.2, 0.25) is 5.02 Å². The molecule has 1 amide bonds. The largest absolute Gasteiger partial charge is 0.440 e. The van der Waals surface area contributed by atoms with Crippen molar-refractivity contribution in [1.82, 2.24) is 14.6 Å². The van der Waals surface area contributed by atoms with Crippen LogP contribution in [-0.4, -0.2) is 43.8 Å². The van der Waals surface area contributed by atoms with Crippen molar-refractivity contribution in [1.29, 1.82) is 0 Å². The predicted octanol–water partition coefficient (Wildman–Crippen LogP) is 4.20. The van der Waals surface area contributed by atoms with Crippen LogP contribution < -0.4 is 4.72 Å². The van der Waals surface area contributed by atoms with E-state index in [-0.39, 0.29) is 16.7 Å². The number of fused-ring (bicyclic) bond motifs is 1. The van der Waals surface area contributed by atoms with Crippen molar-refractivity contribution >= 4 is 44.7 Å². The van der Waals surface area contributed by atoms with Crippen molar-refractivity contribution < 1.29 is 17.6 Å². The van der Waals surface area contributed by atoms with Gasteiger partial charge in [0, 0.05) is 36.7 Å². The number of nitrogens with zero attached hydrogens (tertiary/aromatic N) is 2. The Hall–Kier alpha value is -2.68. The molecule has 0 spiro atoms. The fourth-order valence-electron chi connectivity index (χ4n) is 3.74. The Labute approximate surface area is 192 Å². The minimum absolute atomic E-state index is 0.0721. The number of hydrogen-bond acceptors (Lipinski definition) is 5. The van der Waals surface area contributed by atoms with E-state index in [1.807, 2.05) is 6.07 Å². The molecule has 168 valence electrons. The Balaban J connectivity index is 1.34. The molecule has 0 radical (unpaired) electrons. The van der Waals surface area contributed by atoms with Crippen LogP contribution in [0.5, 0.6) is 0 Å². The van der Waals surface area contributed by atoms with Gasteiger partial charge in [-0.1, -0.05) is 30.7 Å². The molecule has 1 fully saturated rings. The topological polar surface area (TPSA) is 92.5 Å². The number of aromatic nitrogens is 1. The molecule has 1 aliphatic heterocycles. The first-order valence-corrected chi connectivity index (χ1v) is 12.3. The quantitative estimate of drug-likeness (QED) is 0.541. The summed E-state index contributed by atoms with van der Waals surface area (Å²) in [4.78, 5) is 19.1. The van der Waals surface area contributed by atoms with Gasteiger partial charge in [-0.05, 0) is 54.8 Å². The van der Waals surface area contributed by atoms with Crippen molar-refractivity contribution in [3.8, 4) is 0 Å². The fourth-order valence-corrected chi connectivity index (χ4v) is 4.95. The van der Waals surface area contributed by atoms with Crippen LogP contribution in [0.25, 0.3) is 17.2 Å². The molecule has 3 aromatic rings. The number of hydrogen-bond donors (Lipinski definition) is 1. The molecular weight excluding hydrogens is 450 g/mol. The molecule has 4 rings (SSSR count). The number of likely N-dealkylation sites (tertiary alicyclic amines) is 1. The first-order chi connectivity index (χ1) is 15.4. The molecule has 0 saturated carbocycles. The fraction of sp³-hybridized carbons (Fsp3) is 0.304. The van der Waals surface area contributed by atoms with E-state index in [0.717, 1.165) is 29.5 Å². The van der Waals surface area contributed by atoms with Gasteiger partial charge in [-0.2, -0.15) is 0 Å². The summed E-state index contributed by atoms with van der Waals surface area (Å²) < 4.78 is 32.3. The predicted molar refractivity (Wildman–Crippen MR) is 124 cm³/mol. The average molecular weight is 474 g/mol. The number of halogens is 1. The van der Waals surface area contributed by atoms with Gasteiger partial charge in [-0.25, -0.2) is 18.1 Å². The highest BCUT2D eigenvalue weighted by Gasteiger charge is 2.26. The van der Waals surface area contributed by atoms with Crippen LogP contribution >= 0.6 is 11.6 Å². The molecular formula is C23H24ClN3O4S. The molecule has 7 nitrogen and oxygen atoms in total. The molecule has 1 aliphatic rings. The zero-order valence-corrected chi connectivity index (χ0v) is 19.2. The molecule has 0 bridgehead atoms. The van der Waals surface area contributed by atoms with Crippen LogP contribution in [0.1, 0.15) is 37.1 Å². The molecule has 2 aromatic carbocycles. The Kier molecular flexibility index (Phi) is 6.64. The number of sulfonamides is 1. The maximum Gasteiger partial charge on any atom is 0.246 e. The van der Waals surface area contributed by atoms with Gasteiger partial charge < -0.3 is 9.32 Å². The number of carbonyl (C=O) groups is 1. The van der Waals surface area contributed by atoms with E-state index in [2.05, 4.69) is 9.71 Å². The van der Waals surface area contributed by atoms with Gasteiger partial charge in [-0.15, -0.1) is 0 Å². The number of rotatable bonds is 6. The van der Waals surface area contributed by atoms with Crippen molar-refractivity contribution in [2.24, 2.45) is 0 Å². The number of benzene rings is 2. The third kappa shape index (κ3) is 5.03. The lowest BCUT2D eigenvalue weighted by Gasteiger charge is -2.29. The summed E-state index contributed by atoms with van der Waals surface area (Å²) in [5, 5.41) is 0.624. The van der Waals surface area contributed by atoms with E-state index in [1.165, 1.54) is 18.2 Å². The van der Waals surface area contributed by atoms with Gasteiger partial charge in [0.25, 0.3) is 0 Å². The van der Waals surface area contributed by atoms with Crippen LogP contribution in [-0.2, 0) is 14.8 Å². The second kappa shape index (κ2) is 9.44. The first-order valence-electron chi connectivity index (χ1n) is 10.5. The molecule has 0 unspecified atom stereocenters. The third-order valence-electron chi connectivity index (χ3n) is 5.47. The summed E-state index contributed by atoms with van der Waals surface area (Å²) >= 11 is 6.02. The van der Waals surface area contributed by atoms with E-state index in [4.69, 9.17) is 16.0 Å². The van der Waals surface area contributed by atoms with Gasteiger partial charge in [0.2, 0.25) is 15.9 Å². The molecule has 0 atom stereocenters. The SMILES string of the molecule is CCNS(=O)(=O)c1ccc(/C=C/C(=O)N2CCC(c3nc4cc(Cl)ccc4o3)CC2)cc1. The molecule has 0 aliphatic carbocycles. The number of piperidine rings is 1. The van der Waals surface area contributed by atoms with Crippen molar-refractivity contribution in [2.45, 2.75) is 30.6 Å². The highest BCUT2D eigenvalue weighted by atomic mass is 35.5. The third-order valence-corrected chi connectivity index (χ3v) is 7.26. The second-order valence-corrected chi connectivity index (χ2v) is 9.87. The van der Waals surface area contributed by atoms with Crippen molar-refractivity contribution in [2.75, 3.05) is 19.6 Å². The molecule has 2 heterocycles. The average Bonchev–Trinajstić information content (AvgIpc) is 3.21. The number of carbonyl (C=O) groups excluding carboxylic acids is 1. The normalized spacial score (nSPS) is 15.6. The lowest BCUT2D eigenvalue weighted by Crippen LogP contribution is -2.36. The number of amides is 1. The molecule has 32 heavy (non-hydrogen) atoms. The minimum Gasteiger partial charge on any atom is -0.440 e. The van der Waals surface area contributed by atoms with Crippen LogP contribution in [0, 0.1) is 0 Å². The molecule has 1 N–H and O–H groups in total. The summed E-state index contributed by atoms with van der Waals surface area (Å²) in [6, 6.07) is 11.8. The van der Waals surface area contributed by atoms with Gasteiger partial charge in [0.15, 0.2) is 11.5 Å². The molecule has 9 heteroatoms. The van der Waals surface area contributed by atoms with Gasteiger partial charge in [-0.3, -0.25) is 4.79 Å². The summed E-state index contributed by atoms with van der Waals surface area (Å²) in [5.41, 5.74) is 2.22. The molecule has 1 aromatic heterocycles. The molecule has 1 saturated heterocycles. The van der Waals surface area contributed by atoms with E-state index in [1.54, 1.807) is 42.2 Å². The Morgan fingerprint density at radius 3 is 2.62 bits per heavy atom. The van der Waals surface area contributed by atoms with Crippen LogP contribution in [0.3, 0.4) is 0 Å². The van der Waals surface area contributed by atoms with Gasteiger partial charge in [0.05, 0.1) is 4.90 Å². The first kappa shape index (κ1) is 22.5. The number of oxazole rings is 1. The van der Waals surface area contributed by atoms with E-state index >= 15 is 0 Å². The lowest BCUT2D eigenvalue weighted by molar-refractivity contribution is -0.127. The number of nitrogens with one attached hydrogen (secondary N) is 1. The van der Waals surface area contributed by atoms with E-state index in [9.17, 15) is 13.2 Å². The summed E-state index contributed by atoms with van der Waals surface area (Å²) in [6.07, 6.45) is 4.77. The van der Waals surface area contributed by atoms with E-state index < -0.39 is 10.0 Å². The van der Waals surface area contributed by atoms with Crippen molar-refractivity contribution in [3.63, 3.8) is 0 Å². The Morgan fingerprint density at radius 2 is 1.94 bits per heavy atom. The minimum atomic E-state index is -3.48. The zero-order valence-electron chi connectivity index (χ0n) is 17.6. The highest BCUT2D eigenvalue weighted by Crippen LogP contribution is 2.31. The Morgan fingerprint density at radius 1 is 1.22 bits per heavy atom. The smallest absolute Gasteiger partial charge is 0.246 e. The lowest BCUT2D eigenvalue weighted by atomic mass is 9.96. The maximum absolute atomic E-state index is 12.6. The highest BCUT2D eigenvalue weighted by molar-refractivity contribution is 7.89. The van der Waals surface area contributed by atoms with Crippen molar-refractivity contribution in [3.05, 3.63) is 65.0 Å². The summed E-state index contributed by atoms with van der Waals surface area (Å²) in [5.74, 6) is 0.787. The van der Waals surface area contributed by atoms with E-state index in [0.29, 0.717) is 30.5 Å². The Bertz CT molecular complexity index is 1240. The van der Waals surface area contributed by atoms with Gasteiger partial charge in [0.1, 0.15) is 5.52 Å². The van der Waals surface area contributed by atoms with Crippen LogP contribution in [0.4, 0.5) is 0 Å². The summed E-state index contributed by atoms with van der Waals surface area (Å²) in [6.45, 7) is 3.29. The maximum atomic E-state index is 12.6. The standard InChI is InChI=1S/C23H24ClN3O4S/c1-2-25-32(29,30)19-7-3-16(4-8-19)5-10-22(28)27-13-11-17(12-14-27)23-26-20-15-18(24)6-9-21(20)31-23/h3-10,15,17,25H,2,11-14H2,1H3/b10-5+.